The van der Waals surface area contributed by atoms with E-state index in [9.17, 15) is 9.59 Å². The molecule has 3 atom stereocenters. The van der Waals surface area contributed by atoms with Gasteiger partial charge in [0.1, 0.15) is 12.2 Å². The lowest BCUT2D eigenvalue weighted by Gasteiger charge is -2.30. The Hall–Kier alpha value is -1.32. The van der Waals surface area contributed by atoms with Gasteiger partial charge in [-0.2, -0.15) is 0 Å². The average Bonchev–Trinajstić information content (AvgIpc) is 3.24. The highest BCUT2D eigenvalue weighted by Crippen LogP contribution is 2.50. The molecule has 0 aromatic rings. The number of rotatable bonds is 4. The monoisotopic (exact) mass is 346 g/mol. The largest absolute Gasteiger partial charge is 0.462 e. The zero-order valence-corrected chi connectivity index (χ0v) is 15.1. The van der Waals surface area contributed by atoms with E-state index in [0.29, 0.717) is 0 Å². The third kappa shape index (κ3) is 3.63. The van der Waals surface area contributed by atoms with Crippen molar-refractivity contribution in [2.24, 2.45) is 17.8 Å². The van der Waals surface area contributed by atoms with Gasteiger partial charge < -0.3 is 9.47 Å². The molecule has 0 amide bonds. The first kappa shape index (κ1) is 17.1. The molecule has 4 rings (SSSR count). The third-order valence-electron chi connectivity index (χ3n) is 6.64. The molecule has 0 N–H and O–H groups in total. The lowest BCUT2D eigenvalue weighted by Crippen LogP contribution is -2.37. The molecular formula is C21H30O4. The Bertz CT molecular complexity index is 540. The van der Waals surface area contributed by atoms with Crippen LogP contribution in [0, 0.1) is 17.8 Å². The van der Waals surface area contributed by atoms with E-state index in [4.69, 9.17) is 9.47 Å². The smallest absolute Gasteiger partial charge is 0.314 e. The van der Waals surface area contributed by atoms with Crippen molar-refractivity contribution in [3.63, 3.8) is 0 Å². The Kier molecular flexibility index (Phi) is 5.14. The summed E-state index contributed by atoms with van der Waals surface area (Å²) in [5.41, 5.74) is 1.12. The maximum absolute atomic E-state index is 12.9. The maximum Gasteiger partial charge on any atom is 0.314 e. The molecule has 0 radical (unpaired) electrons. The molecule has 4 nitrogen and oxygen atoms in total. The molecule has 0 aromatic carbocycles. The first-order valence-corrected chi connectivity index (χ1v) is 10.3. The van der Waals surface area contributed by atoms with E-state index in [0.717, 1.165) is 69.8 Å². The van der Waals surface area contributed by atoms with E-state index >= 15 is 0 Å². The second-order valence-electron chi connectivity index (χ2n) is 8.38. The van der Waals surface area contributed by atoms with Crippen LogP contribution in [0.4, 0.5) is 0 Å². The first-order chi connectivity index (χ1) is 12.2. The average molecular weight is 346 g/mol. The topological polar surface area (TPSA) is 52.6 Å². The Labute approximate surface area is 150 Å². The van der Waals surface area contributed by atoms with Crippen molar-refractivity contribution in [1.29, 1.82) is 0 Å². The van der Waals surface area contributed by atoms with Gasteiger partial charge in [0.25, 0.3) is 0 Å². The quantitative estimate of drug-likeness (QED) is 0.562. The van der Waals surface area contributed by atoms with E-state index < -0.39 is 0 Å². The van der Waals surface area contributed by atoms with Crippen LogP contribution in [0.1, 0.15) is 77.0 Å². The summed E-state index contributed by atoms with van der Waals surface area (Å²) >= 11 is 0. The lowest BCUT2D eigenvalue weighted by atomic mass is 9.83. The Balaban J connectivity index is 1.41. The van der Waals surface area contributed by atoms with Crippen LogP contribution in [0.5, 0.6) is 0 Å². The molecule has 3 fully saturated rings. The number of hydrogen-bond acceptors (Lipinski definition) is 4. The molecule has 0 heterocycles. The second-order valence-corrected chi connectivity index (χ2v) is 8.38. The summed E-state index contributed by atoms with van der Waals surface area (Å²) in [5, 5.41) is 0. The zero-order valence-electron chi connectivity index (χ0n) is 15.1. The molecule has 4 aliphatic carbocycles. The molecular weight excluding hydrogens is 316 g/mol. The summed E-state index contributed by atoms with van der Waals surface area (Å²) in [6.07, 6.45) is 15.0. The van der Waals surface area contributed by atoms with Crippen LogP contribution in [0.2, 0.25) is 0 Å². The fourth-order valence-corrected chi connectivity index (χ4v) is 5.28. The first-order valence-electron chi connectivity index (χ1n) is 10.3. The standard InChI is InChI=1S/C21H30O4/c22-20(24-16-7-3-1-4-8-16)18-14-11-12-15(13-14)19(18)21(23)25-17-9-5-2-6-10-17/h11,15-19H,1-10,12-13H2. The number of carbonyl (C=O) groups is 2. The summed E-state index contributed by atoms with van der Waals surface area (Å²) in [7, 11) is 0. The highest BCUT2D eigenvalue weighted by Gasteiger charge is 2.52. The van der Waals surface area contributed by atoms with Crippen molar-refractivity contribution in [2.45, 2.75) is 89.3 Å². The minimum absolute atomic E-state index is 0.0518. The molecule has 3 unspecified atom stereocenters. The summed E-state index contributed by atoms with van der Waals surface area (Å²) < 4.78 is 11.6. The van der Waals surface area contributed by atoms with Crippen molar-refractivity contribution in [1.82, 2.24) is 0 Å². The van der Waals surface area contributed by atoms with E-state index in [1.807, 2.05) is 0 Å². The molecule has 4 aliphatic rings. The maximum atomic E-state index is 12.9. The van der Waals surface area contributed by atoms with Gasteiger partial charge in [0.2, 0.25) is 0 Å². The Morgan fingerprint density at radius 3 is 1.96 bits per heavy atom. The van der Waals surface area contributed by atoms with Crippen molar-refractivity contribution in [3.8, 4) is 0 Å². The number of allylic oxidation sites excluding steroid dienone is 1. The van der Waals surface area contributed by atoms with Crippen molar-refractivity contribution in [3.05, 3.63) is 11.6 Å². The number of ether oxygens (including phenoxy) is 2. The van der Waals surface area contributed by atoms with Gasteiger partial charge in [-0.15, -0.1) is 0 Å². The van der Waals surface area contributed by atoms with Crippen molar-refractivity contribution in [2.75, 3.05) is 0 Å². The predicted molar refractivity (Wildman–Crippen MR) is 93.7 cm³/mol. The van der Waals surface area contributed by atoms with Gasteiger partial charge in [0.05, 0.1) is 11.8 Å². The van der Waals surface area contributed by atoms with E-state index in [2.05, 4.69) is 6.08 Å². The third-order valence-corrected chi connectivity index (χ3v) is 6.64. The molecule has 138 valence electrons. The summed E-state index contributed by atoms with van der Waals surface area (Å²) in [5.74, 6) is -0.763. The fourth-order valence-electron chi connectivity index (χ4n) is 5.28. The van der Waals surface area contributed by atoms with Crippen LogP contribution < -0.4 is 0 Å². The SMILES string of the molecule is O=C(OC1CCCCC1)C1C2=CCC(C2)C1C(=O)OC1CCCCC1. The number of hydrogen-bond donors (Lipinski definition) is 0. The van der Waals surface area contributed by atoms with Crippen LogP contribution in [0.15, 0.2) is 11.6 Å². The van der Waals surface area contributed by atoms with Crippen molar-refractivity contribution >= 4 is 11.9 Å². The molecule has 0 aromatic heterocycles. The van der Waals surface area contributed by atoms with Gasteiger partial charge in [0, 0.05) is 0 Å². The van der Waals surface area contributed by atoms with Gasteiger partial charge in [-0.05, 0) is 70.1 Å². The van der Waals surface area contributed by atoms with Crippen LogP contribution in [0.25, 0.3) is 0 Å². The van der Waals surface area contributed by atoms with Gasteiger partial charge in [-0.1, -0.05) is 24.5 Å². The van der Waals surface area contributed by atoms with Gasteiger partial charge in [-0.25, -0.2) is 0 Å². The second kappa shape index (κ2) is 7.51. The van der Waals surface area contributed by atoms with Crippen LogP contribution in [-0.4, -0.2) is 24.1 Å². The van der Waals surface area contributed by atoms with Gasteiger partial charge in [0.15, 0.2) is 0 Å². The van der Waals surface area contributed by atoms with E-state index in [1.165, 1.54) is 12.8 Å². The summed E-state index contributed by atoms with van der Waals surface area (Å²) in [4.78, 5) is 25.7. The van der Waals surface area contributed by atoms with Gasteiger partial charge in [-0.3, -0.25) is 9.59 Å². The normalized spacial score (nSPS) is 33.1. The zero-order chi connectivity index (χ0) is 17.2. The molecule has 2 bridgehead atoms. The molecule has 25 heavy (non-hydrogen) atoms. The molecule has 4 heteroatoms. The van der Waals surface area contributed by atoms with Crippen LogP contribution >= 0.6 is 0 Å². The molecule has 0 aliphatic heterocycles. The van der Waals surface area contributed by atoms with Gasteiger partial charge >= 0.3 is 11.9 Å². The highest BCUT2D eigenvalue weighted by molar-refractivity contribution is 5.86. The van der Waals surface area contributed by atoms with E-state index in [1.54, 1.807) is 0 Å². The van der Waals surface area contributed by atoms with E-state index in [-0.39, 0.29) is 41.9 Å². The lowest BCUT2D eigenvalue weighted by molar-refractivity contribution is -0.167. The number of esters is 2. The van der Waals surface area contributed by atoms with Crippen LogP contribution in [-0.2, 0) is 19.1 Å². The number of fused-ring (bicyclic) bond motifs is 2. The molecule has 3 saturated carbocycles. The predicted octanol–water partition coefficient (Wildman–Crippen LogP) is 4.32. The summed E-state index contributed by atoms with van der Waals surface area (Å²) in [6, 6.07) is 0. The van der Waals surface area contributed by atoms with Crippen LogP contribution in [0.3, 0.4) is 0 Å². The molecule has 0 spiro atoms. The number of carbonyl (C=O) groups excluding carboxylic acids is 2. The molecule has 0 saturated heterocycles. The minimum Gasteiger partial charge on any atom is -0.462 e. The summed E-state index contributed by atoms with van der Waals surface area (Å²) in [6.45, 7) is 0. The minimum atomic E-state index is -0.378. The fraction of sp³-hybridized carbons (Fsp3) is 0.810. The highest BCUT2D eigenvalue weighted by atomic mass is 16.6. The van der Waals surface area contributed by atoms with Crippen molar-refractivity contribution < 1.29 is 19.1 Å². The Morgan fingerprint density at radius 2 is 1.36 bits per heavy atom. The Morgan fingerprint density at radius 1 is 0.800 bits per heavy atom.